The quantitative estimate of drug-likeness (QED) is 0.412. The van der Waals surface area contributed by atoms with Crippen LogP contribution < -0.4 is 9.47 Å². The lowest BCUT2D eigenvalue weighted by Gasteiger charge is -2.34. The Kier molecular flexibility index (Phi) is 7.27. The first-order chi connectivity index (χ1) is 19.7. The number of amides is 2. The fraction of sp³-hybridized carbons (Fsp3) is 0.483. The topological polar surface area (TPSA) is 79.6 Å². The number of carbonyl (C=O) groups is 2. The van der Waals surface area contributed by atoms with Crippen molar-refractivity contribution in [1.29, 1.82) is 0 Å². The molecule has 0 N–H and O–H groups in total. The summed E-state index contributed by atoms with van der Waals surface area (Å²) in [5.74, 6) is 0.820. The third-order valence-electron chi connectivity index (χ3n) is 7.99. The summed E-state index contributed by atoms with van der Waals surface area (Å²) in [7, 11) is 1.40. The van der Waals surface area contributed by atoms with Gasteiger partial charge in [0.1, 0.15) is 30.3 Å². The molecule has 0 atom stereocenters. The highest BCUT2D eigenvalue weighted by Crippen LogP contribution is 2.35. The number of rotatable bonds is 8. The molecule has 12 heteroatoms. The fourth-order valence-corrected chi connectivity index (χ4v) is 5.64. The molecular weight excluding hydrogens is 539 g/mol. The molecular formula is C29H32F3N5O4. The van der Waals surface area contributed by atoms with Crippen LogP contribution in [0.15, 0.2) is 36.7 Å². The van der Waals surface area contributed by atoms with Crippen LogP contribution in [-0.2, 0) is 11.2 Å². The van der Waals surface area contributed by atoms with Gasteiger partial charge in [-0.15, -0.1) is 0 Å². The van der Waals surface area contributed by atoms with Crippen LogP contribution in [0.4, 0.5) is 13.2 Å². The molecule has 41 heavy (non-hydrogen) atoms. The highest BCUT2D eigenvalue weighted by atomic mass is 19.4. The normalized spacial score (nSPS) is 18.1. The number of pyridine rings is 1. The van der Waals surface area contributed by atoms with Gasteiger partial charge >= 0.3 is 6.18 Å². The smallest absolute Gasteiger partial charge is 0.406 e. The van der Waals surface area contributed by atoms with E-state index in [-0.39, 0.29) is 23.8 Å². The number of halogens is 3. The number of hydrogen-bond acceptors (Lipinski definition) is 6. The summed E-state index contributed by atoms with van der Waals surface area (Å²) in [5, 5.41) is 0. The van der Waals surface area contributed by atoms with Crippen LogP contribution >= 0.6 is 0 Å². The average Bonchev–Trinajstić information content (AvgIpc) is 3.72. The van der Waals surface area contributed by atoms with Crippen molar-refractivity contribution < 1.29 is 32.2 Å². The number of fused-ring (bicyclic) bond motifs is 2. The standard InChI is InChI=1S/C29H32F3N5O4/c1-40-24-15-21(14-20-4-6-36(18-29(30,31)32)28(39)26(20)24)23-17-33-25-16-22(5-7-37(23)25)41-13-12-34-8-10-35(11-9-34)27(38)19-2-3-19/h5,7,14-17,19H,2-4,6,8-13,18H2,1H3. The second-order valence-corrected chi connectivity index (χ2v) is 10.8. The van der Waals surface area contributed by atoms with Gasteiger partial charge in [-0.3, -0.25) is 18.9 Å². The Labute approximate surface area is 235 Å². The van der Waals surface area contributed by atoms with Gasteiger partial charge in [-0.05, 0) is 43.0 Å². The number of alkyl halides is 3. The van der Waals surface area contributed by atoms with Gasteiger partial charge in [0.25, 0.3) is 5.91 Å². The molecule has 9 nitrogen and oxygen atoms in total. The zero-order valence-electron chi connectivity index (χ0n) is 22.8. The largest absolute Gasteiger partial charge is 0.496 e. The molecule has 0 unspecified atom stereocenters. The molecule has 218 valence electrons. The predicted molar refractivity (Wildman–Crippen MR) is 144 cm³/mol. The van der Waals surface area contributed by atoms with E-state index in [1.165, 1.54) is 7.11 Å². The summed E-state index contributed by atoms with van der Waals surface area (Å²) >= 11 is 0. The number of carbonyl (C=O) groups excluding carboxylic acids is 2. The minimum atomic E-state index is -4.47. The SMILES string of the molecule is COc1cc(-c2cnc3cc(OCCN4CCN(C(=O)C5CC5)CC4)ccn23)cc2c1C(=O)N(CC(F)(F)F)CC2. The van der Waals surface area contributed by atoms with Gasteiger partial charge in [-0.2, -0.15) is 13.2 Å². The van der Waals surface area contributed by atoms with E-state index in [9.17, 15) is 22.8 Å². The molecule has 1 saturated heterocycles. The third-order valence-corrected chi connectivity index (χ3v) is 7.99. The second kappa shape index (κ2) is 10.9. The number of aromatic nitrogens is 2. The summed E-state index contributed by atoms with van der Waals surface area (Å²) < 4.78 is 52.2. The Bertz CT molecular complexity index is 1440. The first kappa shape index (κ1) is 27.4. The number of benzene rings is 1. The number of methoxy groups -OCH3 is 1. The lowest BCUT2D eigenvalue weighted by atomic mass is 9.94. The van der Waals surface area contributed by atoms with Crippen LogP contribution in [0.2, 0.25) is 0 Å². The van der Waals surface area contributed by atoms with Crippen molar-refractivity contribution in [2.24, 2.45) is 5.92 Å². The molecule has 1 aliphatic carbocycles. The minimum Gasteiger partial charge on any atom is -0.496 e. The molecule has 2 aromatic heterocycles. The third kappa shape index (κ3) is 5.83. The lowest BCUT2D eigenvalue weighted by Crippen LogP contribution is -2.50. The summed E-state index contributed by atoms with van der Waals surface area (Å²) in [5.41, 5.74) is 3.01. The van der Waals surface area contributed by atoms with Crippen molar-refractivity contribution in [3.8, 4) is 22.8 Å². The first-order valence-corrected chi connectivity index (χ1v) is 13.9. The predicted octanol–water partition coefficient (Wildman–Crippen LogP) is 3.50. The Balaban J connectivity index is 1.11. The van der Waals surface area contributed by atoms with Crippen molar-refractivity contribution in [1.82, 2.24) is 24.1 Å². The van der Waals surface area contributed by atoms with E-state index >= 15 is 0 Å². The average molecular weight is 572 g/mol. The van der Waals surface area contributed by atoms with Crippen molar-refractivity contribution in [3.05, 3.63) is 47.8 Å². The van der Waals surface area contributed by atoms with E-state index in [4.69, 9.17) is 9.47 Å². The maximum atomic E-state index is 13.0. The molecule has 6 rings (SSSR count). The van der Waals surface area contributed by atoms with Crippen LogP contribution in [0.3, 0.4) is 0 Å². The maximum absolute atomic E-state index is 13.0. The van der Waals surface area contributed by atoms with Crippen LogP contribution in [0.5, 0.6) is 11.5 Å². The van der Waals surface area contributed by atoms with Gasteiger partial charge in [0.05, 0.1) is 24.6 Å². The van der Waals surface area contributed by atoms with E-state index < -0.39 is 18.6 Å². The Hall–Kier alpha value is -3.80. The Morgan fingerprint density at radius 3 is 2.59 bits per heavy atom. The van der Waals surface area contributed by atoms with Crippen molar-refractivity contribution >= 4 is 17.5 Å². The van der Waals surface area contributed by atoms with Gasteiger partial charge < -0.3 is 19.3 Å². The number of nitrogens with zero attached hydrogens (tertiary/aromatic N) is 5. The molecule has 1 aromatic carbocycles. The summed E-state index contributed by atoms with van der Waals surface area (Å²) in [6, 6.07) is 7.20. The molecule has 0 spiro atoms. The molecule has 2 fully saturated rings. The number of imidazole rings is 1. The number of ether oxygens (including phenoxy) is 2. The summed E-state index contributed by atoms with van der Waals surface area (Å²) in [6.07, 6.45) is 1.46. The molecule has 1 saturated carbocycles. The minimum absolute atomic E-state index is 0.0138. The van der Waals surface area contributed by atoms with Crippen LogP contribution in [0.1, 0.15) is 28.8 Å². The van der Waals surface area contributed by atoms with Gasteiger partial charge in [-0.1, -0.05) is 0 Å². The monoisotopic (exact) mass is 571 g/mol. The van der Waals surface area contributed by atoms with E-state index in [0.29, 0.717) is 35.9 Å². The number of hydrogen-bond donors (Lipinski definition) is 0. The number of piperazine rings is 1. The van der Waals surface area contributed by atoms with E-state index in [1.54, 1.807) is 12.3 Å². The second-order valence-electron chi connectivity index (χ2n) is 10.8. The highest BCUT2D eigenvalue weighted by molar-refractivity contribution is 6.00. The van der Waals surface area contributed by atoms with Gasteiger partial charge in [0.15, 0.2) is 0 Å². The molecule has 0 bridgehead atoms. The van der Waals surface area contributed by atoms with E-state index in [2.05, 4.69) is 9.88 Å². The molecule has 2 amide bonds. The van der Waals surface area contributed by atoms with Gasteiger partial charge in [0.2, 0.25) is 5.91 Å². The zero-order valence-corrected chi connectivity index (χ0v) is 22.8. The fourth-order valence-electron chi connectivity index (χ4n) is 5.64. The van der Waals surface area contributed by atoms with Crippen LogP contribution in [-0.4, -0.2) is 102 Å². The first-order valence-electron chi connectivity index (χ1n) is 13.9. The highest BCUT2D eigenvalue weighted by Gasteiger charge is 2.37. The zero-order chi connectivity index (χ0) is 28.7. The summed E-state index contributed by atoms with van der Waals surface area (Å²) in [6.45, 7) is 3.22. The molecule has 0 radical (unpaired) electrons. The lowest BCUT2D eigenvalue weighted by molar-refractivity contribution is -0.141. The maximum Gasteiger partial charge on any atom is 0.406 e. The molecule has 2 aliphatic heterocycles. The van der Waals surface area contributed by atoms with Crippen molar-refractivity contribution in [2.75, 3.05) is 59.5 Å². The van der Waals surface area contributed by atoms with Crippen molar-refractivity contribution in [3.63, 3.8) is 0 Å². The Morgan fingerprint density at radius 2 is 1.88 bits per heavy atom. The molecule has 3 aliphatic rings. The van der Waals surface area contributed by atoms with Gasteiger partial charge in [-0.25, -0.2) is 4.98 Å². The van der Waals surface area contributed by atoms with Crippen molar-refractivity contribution in [2.45, 2.75) is 25.4 Å². The van der Waals surface area contributed by atoms with E-state index in [0.717, 1.165) is 61.7 Å². The Morgan fingerprint density at radius 1 is 1.10 bits per heavy atom. The van der Waals surface area contributed by atoms with E-state index in [1.807, 2.05) is 33.7 Å². The van der Waals surface area contributed by atoms with Gasteiger partial charge in [0, 0.05) is 63.0 Å². The summed E-state index contributed by atoms with van der Waals surface area (Å²) in [4.78, 5) is 34.8. The molecule has 4 heterocycles. The van der Waals surface area contributed by atoms with Crippen LogP contribution in [0, 0.1) is 5.92 Å². The molecule has 3 aromatic rings. The van der Waals surface area contributed by atoms with Crippen LogP contribution in [0.25, 0.3) is 16.9 Å².